The number of hydrogen-bond acceptors (Lipinski definition) is 8. The maximum absolute atomic E-state index is 12.9. The molecule has 200 valence electrons. The molecule has 0 aliphatic rings. The lowest BCUT2D eigenvalue weighted by Crippen LogP contribution is -2.42. The Morgan fingerprint density at radius 3 is 2.64 bits per heavy atom. The highest BCUT2D eigenvalue weighted by molar-refractivity contribution is 6.32. The summed E-state index contributed by atoms with van der Waals surface area (Å²) in [5.74, 6) is 0.648. The monoisotopic (exact) mass is 546 g/mol. The molecule has 11 heteroatoms. The number of ether oxygens (including phenoxy) is 2. The van der Waals surface area contributed by atoms with Crippen LogP contribution in [0.4, 0.5) is 17.2 Å². The van der Waals surface area contributed by atoms with Crippen LogP contribution in [0.2, 0.25) is 5.02 Å². The minimum absolute atomic E-state index is 0.288. The number of likely N-dealkylation sites (N-methyl/N-ethyl adjacent to an activating group) is 1. The molecule has 0 fully saturated rings. The van der Waals surface area contributed by atoms with Crippen molar-refractivity contribution in [1.82, 2.24) is 19.9 Å². The molecule has 1 atom stereocenters. The Labute approximate surface area is 230 Å². The third kappa shape index (κ3) is 6.42. The summed E-state index contributed by atoms with van der Waals surface area (Å²) in [5.41, 5.74) is 2.45. The van der Waals surface area contributed by atoms with Gasteiger partial charge in [-0.15, -0.1) is 0 Å². The molecule has 2 heterocycles. The van der Waals surface area contributed by atoms with Gasteiger partial charge in [0.05, 0.1) is 29.0 Å². The molecule has 2 aromatic heterocycles. The van der Waals surface area contributed by atoms with Gasteiger partial charge in [0, 0.05) is 30.4 Å². The van der Waals surface area contributed by atoms with Crippen LogP contribution in [0.5, 0.6) is 11.5 Å². The fourth-order valence-electron chi connectivity index (χ4n) is 3.67. The van der Waals surface area contributed by atoms with E-state index in [1.165, 1.54) is 25.4 Å². The lowest BCUT2D eigenvalue weighted by Gasteiger charge is -2.23. The van der Waals surface area contributed by atoms with Crippen LogP contribution in [0.15, 0.2) is 73.7 Å². The lowest BCUT2D eigenvalue weighted by molar-refractivity contribution is -0.132. The Bertz CT molecular complexity index is 1520. The first-order valence-corrected chi connectivity index (χ1v) is 12.3. The van der Waals surface area contributed by atoms with Gasteiger partial charge in [-0.2, -0.15) is 0 Å². The van der Waals surface area contributed by atoms with E-state index in [-0.39, 0.29) is 12.5 Å². The molecule has 4 aromatic rings. The van der Waals surface area contributed by atoms with Gasteiger partial charge < -0.3 is 25.0 Å². The van der Waals surface area contributed by atoms with E-state index in [4.69, 9.17) is 21.1 Å². The molecule has 0 aliphatic carbocycles. The average Bonchev–Trinajstić information content (AvgIpc) is 2.96. The number of rotatable bonds is 10. The van der Waals surface area contributed by atoms with Gasteiger partial charge in [-0.25, -0.2) is 9.97 Å². The van der Waals surface area contributed by atoms with Crippen molar-refractivity contribution in [3.63, 3.8) is 0 Å². The van der Waals surface area contributed by atoms with Crippen molar-refractivity contribution >= 4 is 51.5 Å². The van der Waals surface area contributed by atoms with Crippen LogP contribution in [-0.4, -0.2) is 51.9 Å². The molecule has 2 N–H and O–H groups in total. The molecule has 0 bridgehead atoms. The van der Waals surface area contributed by atoms with Crippen LogP contribution >= 0.6 is 11.6 Å². The number of methoxy groups -OCH3 is 1. The molecule has 0 radical (unpaired) electrons. The highest BCUT2D eigenvalue weighted by atomic mass is 35.5. The average molecular weight is 547 g/mol. The van der Waals surface area contributed by atoms with Crippen molar-refractivity contribution in [2.75, 3.05) is 24.8 Å². The van der Waals surface area contributed by atoms with E-state index >= 15 is 0 Å². The van der Waals surface area contributed by atoms with Crippen molar-refractivity contribution in [2.45, 2.75) is 19.6 Å². The highest BCUT2D eigenvalue weighted by Crippen LogP contribution is 2.35. The summed E-state index contributed by atoms with van der Waals surface area (Å²) in [6.07, 6.45) is 4.28. The number of nitrogens with zero attached hydrogens (tertiary/aromatic N) is 4. The number of nitrogens with one attached hydrogen (secondary N) is 2. The normalized spacial score (nSPS) is 11.4. The van der Waals surface area contributed by atoms with Crippen LogP contribution < -0.4 is 20.1 Å². The zero-order valence-electron chi connectivity index (χ0n) is 21.6. The first-order chi connectivity index (χ1) is 18.8. The Balaban J connectivity index is 1.57. The van der Waals surface area contributed by atoms with Crippen LogP contribution in [0.25, 0.3) is 10.9 Å². The Morgan fingerprint density at radius 1 is 1.13 bits per heavy atom. The predicted octanol–water partition coefficient (Wildman–Crippen LogP) is 4.98. The summed E-state index contributed by atoms with van der Waals surface area (Å²) in [6, 6.07) is 13.6. The molecule has 0 saturated carbocycles. The fraction of sp³-hybridized carbons (Fsp3) is 0.179. The van der Waals surface area contributed by atoms with Gasteiger partial charge in [-0.3, -0.25) is 14.6 Å². The molecule has 0 spiro atoms. The molecule has 4 rings (SSSR count). The number of aromatic nitrogens is 3. The molecule has 2 aromatic carbocycles. The van der Waals surface area contributed by atoms with E-state index in [0.717, 1.165) is 11.8 Å². The largest absolute Gasteiger partial charge is 0.494 e. The molecule has 2 amide bonds. The Hall–Kier alpha value is -4.70. The summed E-state index contributed by atoms with van der Waals surface area (Å²) in [7, 11) is 3.02. The second kappa shape index (κ2) is 12.2. The lowest BCUT2D eigenvalue weighted by atomic mass is 10.1. The summed E-state index contributed by atoms with van der Waals surface area (Å²) in [6.45, 7) is 5.37. The zero-order chi connectivity index (χ0) is 27.9. The number of hydrogen-bond donors (Lipinski definition) is 2. The molecule has 0 aliphatic heterocycles. The number of halogens is 1. The van der Waals surface area contributed by atoms with Gasteiger partial charge in [-0.1, -0.05) is 24.2 Å². The summed E-state index contributed by atoms with van der Waals surface area (Å²) >= 11 is 6.47. The van der Waals surface area contributed by atoms with Crippen molar-refractivity contribution in [2.24, 2.45) is 0 Å². The van der Waals surface area contributed by atoms with E-state index in [9.17, 15) is 9.59 Å². The van der Waals surface area contributed by atoms with E-state index in [2.05, 4.69) is 32.2 Å². The van der Waals surface area contributed by atoms with E-state index in [1.54, 1.807) is 37.4 Å². The molecule has 10 nitrogen and oxygen atoms in total. The van der Waals surface area contributed by atoms with Gasteiger partial charge in [0.25, 0.3) is 0 Å². The fourth-order valence-corrected chi connectivity index (χ4v) is 3.90. The van der Waals surface area contributed by atoms with E-state index in [0.29, 0.717) is 44.6 Å². The standard InChI is InChI=1S/C28H27ClN6O4/c1-5-26(36)35(3)17(2)28(37)34-23-13-20-22(14-25(23)38-4)31-16-32-27(20)33-18-9-10-24(21(29)12-18)39-15-19-8-6-7-11-30-19/h5-14,16-17H,1,15H2,2-4H3,(H,34,37)(H,31,32,33)/t17-/m0/s1. The number of anilines is 3. The zero-order valence-corrected chi connectivity index (χ0v) is 22.4. The maximum Gasteiger partial charge on any atom is 0.246 e. The third-order valence-corrected chi connectivity index (χ3v) is 6.29. The van der Waals surface area contributed by atoms with Gasteiger partial charge in [0.2, 0.25) is 11.8 Å². The minimum Gasteiger partial charge on any atom is -0.494 e. The molecule has 0 saturated heterocycles. The molecular weight excluding hydrogens is 520 g/mol. The summed E-state index contributed by atoms with van der Waals surface area (Å²) in [4.78, 5) is 39.1. The summed E-state index contributed by atoms with van der Waals surface area (Å²) < 4.78 is 11.3. The number of amides is 2. The minimum atomic E-state index is -0.749. The van der Waals surface area contributed by atoms with Crippen LogP contribution in [0.1, 0.15) is 12.6 Å². The first kappa shape index (κ1) is 27.3. The van der Waals surface area contributed by atoms with Crippen molar-refractivity contribution in [1.29, 1.82) is 0 Å². The molecule has 39 heavy (non-hydrogen) atoms. The van der Waals surface area contributed by atoms with Crippen molar-refractivity contribution in [3.8, 4) is 11.5 Å². The van der Waals surface area contributed by atoms with E-state index in [1.807, 2.05) is 24.3 Å². The first-order valence-electron chi connectivity index (χ1n) is 11.9. The second-order valence-electron chi connectivity index (χ2n) is 8.49. The topological polar surface area (TPSA) is 119 Å². The highest BCUT2D eigenvalue weighted by Gasteiger charge is 2.22. The molecule has 0 unspecified atom stereocenters. The van der Waals surface area contributed by atoms with Crippen LogP contribution in [-0.2, 0) is 16.2 Å². The second-order valence-corrected chi connectivity index (χ2v) is 8.90. The van der Waals surface area contributed by atoms with Crippen molar-refractivity contribution in [3.05, 3.63) is 84.4 Å². The Morgan fingerprint density at radius 2 is 1.95 bits per heavy atom. The number of fused-ring (bicyclic) bond motifs is 1. The van der Waals surface area contributed by atoms with E-state index < -0.39 is 11.9 Å². The van der Waals surface area contributed by atoms with Gasteiger partial charge in [0.1, 0.15) is 36.3 Å². The molecular formula is C28H27ClN6O4. The van der Waals surface area contributed by atoms with Crippen LogP contribution in [0, 0.1) is 0 Å². The van der Waals surface area contributed by atoms with Gasteiger partial charge in [-0.05, 0) is 49.4 Å². The third-order valence-electron chi connectivity index (χ3n) is 5.99. The predicted molar refractivity (Wildman–Crippen MR) is 150 cm³/mol. The number of carbonyl (C=O) groups is 2. The van der Waals surface area contributed by atoms with Gasteiger partial charge >= 0.3 is 0 Å². The summed E-state index contributed by atoms with van der Waals surface area (Å²) in [5, 5.41) is 7.12. The quantitative estimate of drug-likeness (QED) is 0.267. The SMILES string of the molecule is C=CC(=O)N(C)[C@@H](C)C(=O)Nc1cc2c(Nc3ccc(OCc4ccccn4)c(Cl)c3)ncnc2cc1OC. The van der Waals surface area contributed by atoms with Gasteiger partial charge in [0.15, 0.2) is 0 Å². The number of benzene rings is 2. The number of carbonyl (C=O) groups excluding carboxylic acids is 2. The van der Waals surface area contributed by atoms with Crippen molar-refractivity contribution < 1.29 is 19.1 Å². The smallest absolute Gasteiger partial charge is 0.246 e. The Kier molecular flexibility index (Phi) is 8.57. The van der Waals surface area contributed by atoms with Crippen LogP contribution in [0.3, 0.4) is 0 Å². The number of pyridine rings is 1. The maximum atomic E-state index is 12.9.